The number of rotatable bonds is 7. The fourth-order valence-corrected chi connectivity index (χ4v) is 1.45. The number of likely N-dealkylation sites (N-methyl/N-ethyl adjacent to an activating group) is 1. The van der Waals surface area contributed by atoms with Gasteiger partial charge in [0.05, 0.1) is 0 Å². The summed E-state index contributed by atoms with van der Waals surface area (Å²) in [4.78, 5) is 2.21. The fourth-order valence-electron chi connectivity index (χ4n) is 1.32. The molecule has 90 valence electrons. The van der Waals surface area contributed by atoms with Gasteiger partial charge in [-0.25, -0.2) is 0 Å². The standard InChI is InChI=1S/C12H19ClN2O/c1-15(8-2-7-14)9-10-16-12-5-3-11(13)4-6-12/h3-6H,2,7-10,14H2,1H3. The van der Waals surface area contributed by atoms with Crippen molar-refractivity contribution in [3.8, 4) is 5.75 Å². The Morgan fingerprint density at radius 3 is 2.56 bits per heavy atom. The third kappa shape index (κ3) is 5.35. The van der Waals surface area contributed by atoms with Crippen LogP contribution in [0.3, 0.4) is 0 Å². The molecule has 0 aliphatic carbocycles. The summed E-state index contributed by atoms with van der Waals surface area (Å²) in [5.41, 5.74) is 5.44. The number of nitrogens with two attached hydrogens (primary N) is 1. The molecule has 0 unspecified atom stereocenters. The molecule has 0 aliphatic rings. The van der Waals surface area contributed by atoms with E-state index in [1.165, 1.54) is 0 Å². The molecule has 4 heteroatoms. The summed E-state index contributed by atoms with van der Waals surface area (Å²) in [5.74, 6) is 0.858. The zero-order chi connectivity index (χ0) is 11.8. The van der Waals surface area contributed by atoms with Gasteiger partial charge in [0.15, 0.2) is 0 Å². The zero-order valence-electron chi connectivity index (χ0n) is 9.66. The maximum Gasteiger partial charge on any atom is 0.119 e. The van der Waals surface area contributed by atoms with Gasteiger partial charge in [-0.15, -0.1) is 0 Å². The normalized spacial score (nSPS) is 10.8. The Labute approximate surface area is 102 Å². The van der Waals surface area contributed by atoms with Crippen LogP contribution in [-0.4, -0.2) is 38.2 Å². The maximum absolute atomic E-state index is 5.78. The van der Waals surface area contributed by atoms with E-state index in [0.29, 0.717) is 6.61 Å². The first-order chi connectivity index (χ1) is 7.72. The average Bonchev–Trinajstić information content (AvgIpc) is 2.29. The number of hydrogen-bond donors (Lipinski definition) is 1. The predicted octanol–water partition coefficient (Wildman–Crippen LogP) is 2.00. The van der Waals surface area contributed by atoms with Crippen molar-refractivity contribution in [3.05, 3.63) is 29.3 Å². The second-order valence-corrected chi connectivity index (χ2v) is 4.18. The van der Waals surface area contributed by atoms with Crippen molar-refractivity contribution in [3.63, 3.8) is 0 Å². The molecule has 2 N–H and O–H groups in total. The molecule has 0 saturated carbocycles. The quantitative estimate of drug-likeness (QED) is 0.795. The lowest BCUT2D eigenvalue weighted by atomic mass is 10.3. The highest BCUT2D eigenvalue weighted by Gasteiger charge is 1.98. The van der Waals surface area contributed by atoms with E-state index in [9.17, 15) is 0 Å². The van der Waals surface area contributed by atoms with E-state index in [1.54, 1.807) is 0 Å². The van der Waals surface area contributed by atoms with Crippen LogP contribution in [0.15, 0.2) is 24.3 Å². The summed E-state index contributed by atoms with van der Waals surface area (Å²) >= 11 is 5.78. The number of nitrogens with zero attached hydrogens (tertiary/aromatic N) is 1. The van der Waals surface area contributed by atoms with E-state index >= 15 is 0 Å². The Morgan fingerprint density at radius 2 is 1.94 bits per heavy atom. The average molecular weight is 243 g/mol. The fraction of sp³-hybridized carbons (Fsp3) is 0.500. The molecule has 0 aliphatic heterocycles. The van der Waals surface area contributed by atoms with Crippen LogP contribution < -0.4 is 10.5 Å². The lowest BCUT2D eigenvalue weighted by molar-refractivity contribution is 0.236. The molecule has 0 bridgehead atoms. The molecule has 1 aromatic carbocycles. The maximum atomic E-state index is 5.78. The van der Waals surface area contributed by atoms with Crippen molar-refractivity contribution in [2.75, 3.05) is 33.3 Å². The predicted molar refractivity (Wildman–Crippen MR) is 68.1 cm³/mol. The molecule has 0 saturated heterocycles. The van der Waals surface area contributed by atoms with E-state index in [0.717, 1.165) is 36.8 Å². The minimum absolute atomic E-state index is 0.683. The number of halogens is 1. The van der Waals surface area contributed by atoms with Crippen molar-refractivity contribution < 1.29 is 4.74 Å². The third-order valence-corrected chi connectivity index (χ3v) is 2.55. The summed E-state index contributed by atoms with van der Waals surface area (Å²) < 4.78 is 5.58. The molecular weight excluding hydrogens is 224 g/mol. The molecule has 0 aromatic heterocycles. The Kier molecular flexibility index (Phi) is 6.23. The molecule has 0 heterocycles. The molecule has 1 aromatic rings. The van der Waals surface area contributed by atoms with Gasteiger partial charge in [0.25, 0.3) is 0 Å². The van der Waals surface area contributed by atoms with Crippen LogP contribution in [0.1, 0.15) is 6.42 Å². The highest BCUT2D eigenvalue weighted by atomic mass is 35.5. The Balaban J connectivity index is 2.17. The zero-order valence-corrected chi connectivity index (χ0v) is 10.4. The summed E-state index contributed by atoms with van der Waals surface area (Å²) in [6, 6.07) is 7.41. The van der Waals surface area contributed by atoms with Crippen molar-refractivity contribution in [2.45, 2.75) is 6.42 Å². The van der Waals surface area contributed by atoms with Crippen LogP contribution in [0, 0.1) is 0 Å². The minimum Gasteiger partial charge on any atom is -0.492 e. The second kappa shape index (κ2) is 7.49. The van der Waals surface area contributed by atoms with E-state index < -0.39 is 0 Å². The summed E-state index contributed by atoms with van der Waals surface area (Å²) in [5, 5.41) is 0.729. The number of hydrogen-bond acceptors (Lipinski definition) is 3. The lowest BCUT2D eigenvalue weighted by Gasteiger charge is -2.16. The summed E-state index contributed by atoms with van der Waals surface area (Å²) in [6.07, 6.45) is 1.03. The molecule has 0 atom stereocenters. The van der Waals surface area contributed by atoms with Gasteiger partial charge in [-0.3, -0.25) is 0 Å². The SMILES string of the molecule is CN(CCCN)CCOc1ccc(Cl)cc1. The second-order valence-electron chi connectivity index (χ2n) is 3.75. The van der Waals surface area contributed by atoms with Crippen molar-refractivity contribution in [2.24, 2.45) is 5.73 Å². The Morgan fingerprint density at radius 1 is 1.25 bits per heavy atom. The van der Waals surface area contributed by atoms with E-state index in [2.05, 4.69) is 11.9 Å². The van der Waals surface area contributed by atoms with Gasteiger partial charge < -0.3 is 15.4 Å². The largest absolute Gasteiger partial charge is 0.492 e. The topological polar surface area (TPSA) is 38.5 Å². The molecule has 0 fully saturated rings. The van der Waals surface area contributed by atoms with Gasteiger partial charge in [-0.2, -0.15) is 0 Å². The Bertz CT molecular complexity index is 290. The highest BCUT2D eigenvalue weighted by molar-refractivity contribution is 6.30. The van der Waals surface area contributed by atoms with Crippen LogP contribution in [-0.2, 0) is 0 Å². The highest BCUT2D eigenvalue weighted by Crippen LogP contribution is 2.15. The minimum atomic E-state index is 0.683. The van der Waals surface area contributed by atoms with Gasteiger partial charge in [0.2, 0.25) is 0 Å². The van der Waals surface area contributed by atoms with Crippen molar-refractivity contribution >= 4 is 11.6 Å². The van der Waals surface area contributed by atoms with Crippen LogP contribution in [0.2, 0.25) is 5.02 Å². The van der Waals surface area contributed by atoms with E-state index in [-0.39, 0.29) is 0 Å². The number of benzene rings is 1. The molecular formula is C12H19ClN2O. The molecule has 0 radical (unpaired) electrons. The van der Waals surface area contributed by atoms with Crippen molar-refractivity contribution in [1.82, 2.24) is 4.90 Å². The lowest BCUT2D eigenvalue weighted by Crippen LogP contribution is -2.26. The van der Waals surface area contributed by atoms with E-state index in [1.807, 2.05) is 24.3 Å². The molecule has 16 heavy (non-hydrogen) atoms. The smallest absolute Gasteiger partial charge is 0.119 e. The summed E-state index contributed by atoms with van der Waals surface area (Å²) in [7, 11) is 2.07. The van der Waals surface area contributed by atoms with Crippen LogP contribution in [0.25, 0.3) is 0 Å². The molecule has 1 rings (SSSR count). The molecule has 0 spiro atoms. The third-order valence-electron chi connectivity index (χ3n) is 2.30. The van der Waals surface area contributed by atoms with Gasteiger partial charge in [0.1, 0.15) is 12.4 Å². The first-order valence-corrected chi connectivity index (χ1v) is 5.87. The number of ether oxygens (including phenoxy) is 1. The van der Waals surface area contributed by atoms with Crippen LogP contribution in [0.4, 0.5) is 0 Å². The van der Waals surface area contributed by atoms with Crippen LogP contribution in [0.5, 0.6) is 5.75 Å². The first kappa shape index (κ1) is 13.3. The van der Waals surface area contributed by atoms with Crippen molar-refractivity contribution in [1.29, 1.82) is 0 Å². The van der Waals surface area contributed by atoms with Gasteiger partial charge in [-0.05, 0) is 50.8 Å². The Hall–Kier alpha value is -0.770. The van der Waals surface area contributed by atoms with Crippen LogP contribution >= 0.6 is 11.6 Å². The van der Waals surface area contributed by atoms with Gasteiger partial charge in [0, 0.05) is 11.6 Å². The van der Waals surface area contributed by atoms with Gasteiger partial charge in [-0.1, -0.05) is 11.6 Å². The monoisotopic (exact) mass is 242 g/mol. The molecule has 3 nitrogen and oxygen atoms in total. The first-order valence-electron chi connectivity index (χ1n) is 5.49. The van der Waals surface area contributed by atoms with Gasteiger partial charge >= 0.3 is 0 Å². The summed E-state index contributed by atoms with van der Waals surface area (Å²) in [6.45, 7) is 3.34. The molecule has 0 amide bonds. The van der Waals surface area contributed by atoms with E-state index in [4.69, 9.17) is 22.1 Å².